The van der Waals surface area contributed by atoms with Crippen LogP contribution in [-0.2, 0) is 17.6 Å². The van der Waals surface area contributed by atoms with Crippen molar-refractivity contribution < 1.29 is 4.79 Å². The molecule has 1 amide bonds. The van der Waals surface area contributed by atoms with Crippen LogP contribution in [0.15, 0.2) is 28.0 Å². The highest BCUT2D eigenvalue weighted by atomic mass is 32.2. The van der Waals surface area contributed by atoms with Gasteiger partial charge in [-0.2, -0.15) is 0 Å². The van der Waals surface area contributed by atoms with Gasteiger partial charge in [0.05, 0.1) is 12.1 Å². The number of aryl methyl sites for hydroxylation is 1. The highest BCUT2D eigenvalue weighted by Gasteiger charge is 2.12. The predicted molar refractivity (Wildman–Crippen MR) is 92.5 cm³/mol. The molecule has 2 heterocycles. The maximum atomic E-state index is 12.1. The van der Waals surface area contributed by atoms with E-state index in [1.54, 1.807) is 29.3 Å². The summed E-state index contributed by atoms with van der Waals surface area (Å²) in [5, 5.41) is 4.99. The topological polar surface area (TPSA) is 54.9 Å². The van der Waals surface area contributed by atoms with Crippen LogP contribution < -0.4 is 5.32 Å². The molecule has 0 radical (unpaired) electrons. The first-order valence-electron chi connectivity index (χ1n) is 7.35. The van der Waals surface area contributed by atoms with Crippen molar-refractivity contribution in [3.8, 4) is 0 Å². The second-order valence-corrected chi connectivity index (χ2v) is 7.52. The predicted octanol–water partition coefficient (Wildman–Crippen LogP) is 3.25. The molecule has 2 aromatic heterocycles. The maximum absolute atomic E-state index is 12.1. The van der Waals surface area contributed by atoms with Crippen LogP contribution in [0.1, 0.15) is 30.8 Å². The molecule has 2 aromatic rings. The number of hydrogen-bond acceptors (Lipinski definition) is 5. The smallest absolute Gasteiger partial charge is 0.226 e. The lowest BCUT2D eigenvalue weighted by atomic mass is 10.1. The first-order chi connectivity index (χ1) is 10.6. The zero-order valence-electron chi connectivity index (χ0n) is 13.1. The van der Waals surface area contributed by atoms with Crippen molar-refractivity contribution in [1.29, 1.82) is 0 Å². The van der Waals surface area contributed by atoms with Gasteiger partial charge in [0.15, 0.2) is 0 Å². The molecule has 0 aliphatic heterocycles. The summed E-state index contributed by atoms with van der Waals surface area (Å²) in [6, 6.07) is 4.03. The highest BCUT2D eigenvalue weighted by molar-refractivity contribution is 8.00. The number of carbonyl (C=O) groups is 1. The molecule has 118 valence electrons. The standard InChI is InChI=1S/C16H21N3OS2/c1-4-21-16-19-13(10-22-16)9-15(20)18-12(3)8-14-11(2)6-5-7-17-14/h5-7,10,12H,4,8-9H2,1-3H3,(H,18,20). The van der Waals surface area contributed by atoms with Crippen molar-refractivity contribution in [3.05, 3.63) is 40.7 Å². The summed E-state index contributed by atoms with van der Waals surface area (Å²) >= 11 is 3.31. The number of rotatable bonds is 7. The van der Waals surface area contributed by atoms with Crippen LogP contribution in [0.3, 0.4) is 0 Å². The van der Waals surface area contributed by atoms with Crippen molar-refractivity contribution in [3.63, 3.8) is 0 Å². The first-order valence-corrected chi connectivity index (χ1v) is 9.22. The molecule has 0 spiro atoms. The molecule has 22 heavy (non-hydrogen) atoms. The van der Waals surface area contributed by atoms with Gasteiger partial charge in [0.25, 0.3) is 0 Å². The van der Waals surface area contributed by atoms with Crippen LogP contribution in [0.2, 0.25) is 0 Å². The number of thioether (sulfide) groups is 1. The quantitative estimate of drug-likeness (QED) is 0.789. The first kappa shape index (κ1) is 17.0. The summed E-state index contributed by atoms with van der Waals surface area (Å²) in [7, 11) is 0. The van der Waals surface area contributed by atoms with Crippen molar-refractivity contribution in [1.82, 2.24) is 15.3 Å². The zero-order chi connectivity index (χ0) is 15.9. The number of nitrogens with zero attached hydrogens (tertiary/aromatic N) is 2. The molecule has 0 saturated carbocycles. The number of amides is 1. The molecule has 6 heteroatoms. The molecule has 0 aliphatic carbocycles. The number of carbonyl (C=O) groups excluding carboxylic acids is 1. The third kappa shape index (κ3) is 5.10. The summed E-state index contributed by atoms with van der Waals surface area (Å²) in [5.74, 6) is 1.01. The fourth-order valence-corrected chi connectivity index (χ4v) is 3.86. The minimum absolute atomic E-state index is 0.0134. The van der Waals surface area contributed by atoms with Crippen LogP contribution >= 0.6 is 23.1 Å². The summed E-state index contributed by atoms with van der Waals surface area (Å²) in [6.07, 6.45) is 2.87. The van der Waals surface area contributed by atoms with Gasteiger partial charge in [-0.3, -0.25) is 9.78 Å². The van der Waals surface area contributed by atoms with Crippen LogP contribution in [0, 0.1) is 6.92 Å². The van der Waals surface area contributed by atoms with E-state index in [4.69, 9.17) is 0 Å². The fraction of sp³-hybridized carbons (Fsp3) is 0.438. The molecule has 2 rings (SSSR count). The Morgan fingerprint density at radius 3 is 3.05 bits per heavy atom. The third-order valence-corrected chi connectivity index (χ3v) is 5.12. The Hall–Kier alpha value is -1.40. The largest absolute Gasteiger partial charge is 0.353 e. The SMILES string of the molecule is CCSc1nc(CC(=O)NC(C)Cc2ncccc2C)cs1. The van der Waals surface area contributed by atoms with Crippen molar-refractivity contribution in [2.75, 3.05) is 5.75 Å². The Morgan fingerprint density at radius 2 is 2.32 bits per heavy atom. The molecular formula is C16H21N3OS2. The van der Waals surface area contributed by atoms with E-state index >= 15 is 0 Å². The zero-order valence-corrected chi connectivity index (χ0v) is 14.8. The molecule has 0 bridgehead atoms. The minimum atomic E-state index is 0.0134. The normalized spacial score (nSPS) is 12.1. The van der Waals surface area contributed by atoms with Gasteiger partial charge in [-0.05, 0) is 31.2 Å². The third-order valence-electron chi connectivity index (χ3n) is 3.16. The van der Waals surface area contributed by atoms with E-state index in [1.165, 1.54) is 0 Å². The highest BCUT2D eigenvalue weighted by Crippen LogP contribution is 2.22. The summed E-state index contributed by atoms with van der Waals surface area (Å²) in [4.78, 5) is 20.9. The van der Waals surface area contributed by atoms with Crippen LogP contribution in [-0.4, -0.2) is 27.7 Å². The summed E-state index contributed by atoms with van der Waals surface area (Å²) in [5.41, 5.74) is 3.04. The Bertz CT molecular complexity index is 627. The van der Waals surface area contributed by atoms with Gasteiger partial charge < -0.3 is 5.32 Å². The Labute approximate surface area is 139 Å². The Morgan fingerprint density at radius 1 is 1.50 bits per heavy atom. The van der Waals surface area contributed by atoms with E-state index in [0.29, 0.717) is 6.42 Å². The monoisotopic (exact) mass is 335 g/mol. The number of nitrogens with one attached hydrogen (secondary N) is 1. The van der Waals surface area contributed by atoms with Gasteiger partial charge in [0, 0.05) is 29.7 Å². The lowest BCUT2D eigenvalue weighted by Crippen LogP contribution is -2.35. The number of thiazole rings is 1. The Kier molecular flexibility index (Phi) is 6.39. The maximum Gasteiger partial charge on any atom is 0.226 e. The second kappa shape index (κ2) is 8.29. The Balaban J connectivity index is 1.84. The van der Waals surface area contributed by atoms with Gasteiger partial charge in [0.2, 0.25) is 5.91 Å². The van der Waals surface area contributed by atoms with Crippen LogP contribution in [0.5, 0.6) is 0 Å². The summed E-state index contributed by atoms with van der Waals surface area (Å²) in [6.45, 7) is 6.14. The lowest BCUT2D eigenvalue weighted by Gasteiger charge is -2.14. The van der Waals surface area contributed by atoms with Gasteiger partial charge in [0.1, 0.15) is 4.34 Å². The van der Waals surface area contributed by atoms with Crippen LogP contribution in [0.4, 0.5) is 0 Å². The van der Waals surface area contributed by atoms with Gasteiger partial charge >= 0.3 is 0 Å². The molecule has 0 aliphatic rings. The average Bonchev–Trinajstić information content (AvgIpc) is 2.89. The van der Waals surface area contributed by atoms with Crippen molar-refractivity contribution in [2.24, 2.45) is 0 Å². The van der Waals surface area contributed by atoms with E-state index < -0.39 is 0 Å². The number of hydrogen-bond donors (Lipinski definition) is 1. The molecule has 1 atom stereocenters. The molecule has 0 aromatic carbocycles. The number of pyridine rings is 1. The van der Waals surface area contributed by atoms with E-state index in [1.807, 2.05) is 31.4 Å². The lowest BCUT2D eigenvalue weighted by molar-refractivity contribution is -0.121. The van der Waals surface area contributed by atoms with Crippen molar-refractivity contribution in [2.45, 2.75) is 44.0 Å². The molecule has 0 saturated heterocycles. The minimum Gasteiger partial charge on any atom is -0.353 e. The van der Waals surface area contributed by atoms with Gasteiger partial charge in [-0.15, -0.1) is 11.3 Å². The summed E-state index contributed by atoms with van der Waals surface area (Å²) < 4.78 is 1.03. The molecular weight excluding hydrogens is 314 g/mol. The van der Waals surface area contributed by atoms with E-state index in [-0.39, 0.29) is 11.9 Å². The van der Waals surface area contributed by atoms with E-state index in [2.05, 4.69) is 22.2 Å². The molecule has 1 N–H and O–H groups in total. The van der Waals surface area contributed by atoms with Gasteiger partial charge in [-0.25, -0.2) is 4.98 Å². The van der Waals surface area contributed by atoms with Gasteiger partial charge in [-0.1, -0.05) is 24.8 Å². The van der Waals surface area contributed by atoms with Crippen molar-refractivity contribution >= 4 is 29.0 Å². The fourth-order valence-electron chi connectivity index (χ4n) is 2.12. The number of aromatic nitrogens is 2. The average molecular weight is 335 g/mol. The van der Waals surface area contributed by atoms with E-state index in [9.17, 15) is 4.79 Å². The molecule has 1 unspecified atom stereocenters. The van der Waals surface area contributed by atoms with Crippen LogP contribution in [0.25, 0.3) is 0 Å². The molecule has 0 fully saturated rings. The molecule has 4 nitrogen and oxygen atoms in total. The van der Waals surface area contributed by atoms with E-state index in [0.717, 1.165) is 33.5 Å². The second-order valence-electron chi connectivity index (χ2n) is 5.15.